The number of fused-ring (bicyclic) bond motifs is 1. The van der Waals surface area contributed by atoms with Gasteiger partial charge in [-0.2, -0.15) is 0 Å². The first-order valence-corrected chi connectivity index (χ1v) is 7.05. The van der Waals surface area contributed by atoms with Gasteiger partial charge in [-0.3, -0.25) is 9.78 Å². The number of nitrogens with zero attached hydrogens (tertiary/aromatic N) is 2. The van der Waals surface area contributed by atoms with Crippen molar-refractivity contribution in [2.45, 2.75) is 26.2 Å². The number of aryl methyl sites for hydroxylation is 1. The third-order valence-electron chi connectivity index (χ3n) is 3.72. The number of hydrogen-bond donors (Lipinski definition) is 0. The number of rotatable bonds is 4. The molecule has 20 heavy (non-hydrogen) atoms. The highest BCUT2D eigenvalue weighted by Crippen LogP contribution is 2.26. The minimum absolute atomic E-state index is 0.0212. The number of ether oxygens (including phenoxy) is 1. The summed E-state index contributed by atoms with van der Waals surface area (Å²) in [5, 5.41) is 0. The number of esters is 1. The Labute approximate surface area is 120 Å². The quantitative estimate of drug-likeness (QED) is 0.790. The van der Waals surface area contributed by atoms with E-state index in [0.29, 0.717) is 6.61 Å². The molecule has 0 fully saturated rings. The van der Waals surface area contributed by atoms with Gasteiger partial charge in [-0.15, -0.1) is 0 Å². The highest BCUT2D eigenvalue weighted by molar-refractivity contribution is 5.73. The standard InChI is InChI=1S/C16H22N2O2/c1-5-20-16(19)13-7-9-15-12(10-13)6-8-14(17-15)11(2)18(3)4/h6,8,13H,2,5,7,9-10H2,1,3-4H3. The summed E-state index contributed by atoms with van der Waals surface area (Å²) >= 11 is 0. The molecule has 0 saturated heterocycles. The van der Waals surface area contributed by atoms with Crippen LogP contribution in [0.25, 0.3) is 5.70 Å². The summed E-state index contributed by atoms with van der Waals surface area (Å²) in [5.41, 5.74) is 4.05. The zero-order chi connectivity index (χ0) is 14.7. The van der Waals surface area contributed by atoms with Crippen molar-refractivity contribution in [3.63, 3.8) is 0 Å². The number of hydrogen-bond acceptors (Lipinski definition) is 4. The highest BCUT2D eigenvalue weighted by atomic mass is 16.5. The van der Waals surface area contributed by atoms with E-state index < -0.39 is 0 Å². The minimum atomic E-state index is -0.0834. The Morgan fingerprint density at radius 3 is 2.90 bits per heavy atom. The molecule has 0 radical (unpaired) electrons. The van der Waals surface area contributed by atoms with E-state index in [2.05, 4.69) is 17.6 Å². The van der Waals surface area contributed by atoms with Gasteiger partial charge in [0.25, 0.3) is 0 Å². The molecule has 0 aromatic carbocycles. The molecule has 2 rings (SSSR count). The van der Waals surface area contributed by atoms with Gasteiger partial charge in [-0.05, 0) is 37.8 Å². The van der Waals surface area contributed by atoms with E-state index in [0.717, 1.165) is 41.9 Å². The van der Waals surface area contributed by atoms with Crippen LogP contribution in [0.3, 0.4) is 0 Å². The lowest BCUT2D eigenvalue weighted by Crippen LogP contribution is -2.25. The third-order valence-corrected chi connectivity index (χ3v) is 3.72. The van der Waals surface area contributed by atoms with E-state index in [1.807, 2.05) is 32.0 Å². The Kier molecular flexibility index (Phi) is 4.42. The fourth-order valence-corrected chi connectivity index (χ4v) is 2.46. The minimum Gasteiger partial charge on any atom is -0.466 e. The third kappa shape index (κ3) is 3.00. The van der Waals surface area contributed by atoms with Crippen molar-refractivity contribution in [3.05, 3.63) is 35.7 Å². The molecule has 1 aliphatic rings. The number of aromatic nitrogens is 1. The molecule has 0 aliphatic heterocycles. The summed E-state index contributed by atoms with van der Waals surface area (Å²) in [6.07, 6.45) is 2.37. The zero-order valence-electron chi connectivity index (χ0n) is 12.5. The van der Waals surface area contributed by atoms with Gasteiger partial charge in [-0.25, -0.2) is 0 Å². The largest absolute Gasteiger partial charge is 0.466 e. The summed E-state index contributed by atoms with van der Waals surface area (Å²) in [5.74, 6) is -0.105. The number of pyridine rings is 1. The molecule has 0 bridgehead atoms. The molecular weight excluding hydrogens is 252 g/mol. The Hall–Kier alpha value is -1.84. The Morgan fingerprint density at radius 2 is 2.25 bits per heavy atom. The average Bonchev–Trinajstić information content (AvgIpc) is 2.45. The van der Waals surface area contributed by atoms with Gasteiger partial charge < -0.3 is 9.64 Å². The fraction of sp³-hybridized carbons (Fsp3) is 0.500. The maximum Gasteiger partial charge on any atom is 0.309 e. The van der Waals surface area contributed by atoms with Crippen LogP contribution < -0.4 is 0 Å². The lowest BCUT2D eigenvalue weighted by atomic mass is 9.86. The van der Waals surface area contributed by atoms with E-state index >= 15 is 0 Å². The average molecular weight is 274 g/mol. The second-order valence-corrected chi connectivity index (χ2v) is 5.34. The van der Waals surface area contributed by atoms with E-state index in [1.165, 1.54) is 0 Å². The lowest BCUT2D eigenvalue weighted by Gasteiger charge is -2.24. The van der Waals surface area contributed by atoms with Crippen molar-refractivity contribution in [3.8, 4) is 0 Å². The van der Waals surface area contributed by atoms with Crippen LogP contribution in [-0.4, -0.2) is 36.6 Å². The van der Waals surface area contributed by atoms with Crippen molar-refractivity contribution in [2.24, 2.45) is 5.92 Å². The summed E-state index contributed by atoms with van der Waals surface area (Å²) in [7, 11) is 3.92. The van der Waals surface area contributed by atoms with Gasteiger partial charge in [0.1, 0.15) is 0 Å². The van der Waals surface area contributed by atoms with Crippen molar-refractivity contribution >= 4 is 11.7 Å². The molecule has 0 saturated carbocycles. The molecule has 1 atom stereocenters. The molecule has 108 valence electrons. The molecule has 1 aromatic heterocycles. The molecule has 0 amide bonds. The molecule has 1 aliphatic carbocycles. The van der Waals surface area contributed by atoms with E-state index in [-0.39, 0.29) is 11.9 Å². The van der Waals surface area contributed by atoms with Crippen molar-refractivity contribution in [2.75, 3.05) is 20.7 Å². The van der Waals surface area contributed by atoms with E-state index in [9.17, 15) is 4.79 Å². The lowest BCUT2D eigenvalue weighted by molar-refractivity contribution is -0.148. The fourth-order valence-electron chi connectivity index (χ4n) is 2.46. The molecule has 1 aromatic rings. The number of carbonyl (C=O) groups is 1. The molecule has 4 nitrogen and oxygen atoms in total. The Morgan fingerprint density at radius 1 is 1.50 bits per heavy atom. The van der Waals surface area contributed by atoms with Gasteiger partial charge in [-0.1, -0.05) is 12.6 Å². The monoisotopic (exact) mass is 274 g/mol. The first-order valence-electron chi connectivity index (χ1n) is 7.05. The maximum atomic E-state index is 11.8. The summed E-state index contributed by atoms with van der Waals surface area (Å²) in [6, 6.07) is 4.05. The topological polar surface area (TPSA) is 42.4 Å². The van der Waals surface area contributed by atoms with E-state index in [1.54, 1.807) is 0 Å². The normalized spacial score (nSPS) is 17.2. The molecular formula is C16H22N2O2. The Balaban J connectivity index is 2.15. The van der Waals surface area contributed by atoms with Crippen molar-refractivity contribution < 1.29 is 9.53 Å². The molecule has 1 heterocycles. The number of carbonyl (C=O) groups excluding carboxylic acids is 1. The Bertz CT molecular complexity index is 523. The molecule has 0 spiro atoms. The van der Waals surface area contributed by atoms with Gasteiger partial charge in [0, 0.05) is 19.8 Å². The molecule has 4 heteroatoms. The van der Waals surface area contributed by atoms with Gasteiger partial charge in [0.15, 0.2) is 0 Å². The van der Waals surface area contributed by atoms with Gasteiger partial charge >= 0.3 is 5.97 Å². The zero-order valence-corrected chi connectivity index (χ0v) is 12.5. The first kappa shape index (κ1) is 14.6. The van der Waals surface area contributed by atoms with Crippen LogP contribution in [0.15, 0.2) is 18.7 Å². The predicted octanol–water partition coefficient (Wildman–Crippen LogP) is 2.28. The maximum absolute atomic E-state index is 11.8. The SMILES string of the molecule is C=C(c1ccc2c(n1)CCC(C(=O)OCC)C2)N(C)C. The summed E-state index contributed by atoms with van der Waals surface area (Å²) in [6.45, 7) is 6.32. The van der Waals surface area contributed by atoms with Crippen LogP contribution in [-0.2, 0) is 22.4 Å². The molecule has 0 N–H and O–H groups in total. The van der Waals surface area contributed by atoms with Crippen LogP contribution in [0, 0.1) is 5.92 Å². The van der Waals surface area contributed by atoms with Crippen LogP contribution in [0.1, 0.15) is 30.3 Å². The first-order chi connectivity index (χ1) is 9.52. The second kappa shape index (κ2) is 6.07. The molecule has 1 unspecified atom stereocenters. The summed E-state index contributed by atoms with van der Waals surface area (Å²) < 4.78 is 5.11. The van der Waals surface area contributed by atoms with Gasteiger partial charge in [0.05, 0.1) is 23.9 Å². The highest BCUT2D eigenvalue weighted by Gasteiger charge is 2.26. The van der Waals surface area contributed by atoms with Crippen LogP contribution in [0.4, 0.5) is 0 Å². The van der Waals surface area contributed by atoms with E-state index in [4.69, 9.17) is 4.74 Å². The summed E-state index contributed by atoms with van der Waals surface area (Å²) in [4.78, 5) is 18.4. The van der Waals surface area contributed by atoms with Crippen molar-refractivity contribution in [1.82, 2.24) is 9.88 Å². The smallest absolute Gasteiger partial charge is 0.309 e. The van der Waals surface area contributed by atoms with Gasteiger partial charge in [0.2, 0.25) is 0 Å². The van der Waals surface area contributed by atoms with Crippen LogP contribution in [0.2, 0.25) is 0 Å². The van der Waals surface area contributed by atoms with Crippen molar-refractivity contribution in [1.29, 1.82) is 0 Å². The predicted molar refractivity (Wildman–Crippen MR) is 79.1 cm³/mol. The van der Waals surface area contributed by atoms with Crippen LogP contribution >= 0.6 is 0 Å². The second-order valence-electron chi connectivity index (χ2n) is 5.34. The van der Waals surface area contributed by atoms with Crippen LogP contribution in [0.5, 0.6) is 0 Å².